The minimum atomic E-state index is -2.96. The van der Waals surface area contributed by atoms with Gasteiger partial charge in [0.1, 0.15) is 11.6 Å². The minimum absolute atomic E-state index is 0.0878. The predicted octanol–water partition coefficient (Wildman–Crippen LogP) is 4.97. The van der Waals surface area contributed by atoms with E-state index in [1.165, 1.54) is 42.3 Å². The molecule has 2 aromatic carbocycles. The third kappa shape index (κ3) is 4.90. The Kier molecular flexibility index (Phi) is 6.11. The third-order valence-electron chi connectivity index (χ3n) is 4.16. The van der Waals surface area contributed by atoms with Gasteiger partial charge in [-0.1, -0.05) is 6.07 Å². The van der Waals surface area contributed by atoms with Crippen LogP contribution in [0.5, 0.6) is 11.5 Å². The lowest BCUT2D eigenvalue weighted by Gasteiger charge is -2.17. The summed E-state index contributed by atoms with van der Waals surface area (Å²) in [5, 5.41) is 0. The van der Waals surface area contributed by atoms with Crippen LogP contribution in [0.15, 0.2) is 59.0 Å². The van der Waals surface area contributed by atoms with Crippen LogP contribution in [0.2, 0.25) is 0 Å². The molecular formula is C21H18F3NO4. The summed E-state index contributed by atoms with van der Waals surface area (Å²) in [6.45, 7) is -2.77. The topological polar surface area (TPSA) is 51.9 Å². The third-order valence-corrected chi connectivity index (χ3v) is 4.16. The molecule has 152 valence electrons. The standard InChI is InChI=1S/C21H18F3NO4/c1-25(12-13-3-8-17(29-21(23)24)19(11-13)27-2)20(26)18-10-9-16(28-18)14-4-6-15(22)7-5-14/h3-11,21H,12H2,1-2H3. The lowest BCUT2D eigenvalue weighted by molar-refractivity contribution is -0.0512. The zero-order valence-electron chi connectivity index (χ0n) is 15.7. The molecular weight excluding hydrogens is 387 g/mol. The fourth-order valence-electron chi connectivity index (χ4n) is 2.76. The Labute approximate surface area is 165 Å². The number of rotatable bonds is 7. The first-order valence-electron chi connectivity index (χ1n) is 8.60. The first-order chi connectivity index (χ1) is 13.9. The average Bonchev–Trinajstić information content (AvgIpc) is 3.18. The molecule has 1 aromatic heterocycles. The number of ether oxygens (including phenoxy) is 2. The monoisotopic (exact) mass is 405 g/mol. The van der Waals surface area contributed by atoms with Gasteiger partial charge in [0.15, 0.2) is 17.3 Å². The number of hydrogen-bond acceptors (Lipinski definition) is 4. The van der Waals surface area contributed by atoms with E-state index in [1.54, 1.807) is 31.3 Å². The van der Waals surface area contributed by atoms with Gasteiger partial charge in [0, 0.05) is 19.2 Å². The van der Waals surface area contributed by atoms with E-state index >= 15 is 0 Å². The Morgan fingerprint density at radius 1 is 1.07 bits per heavy atom. The molecule has 0 bridgehead atoms. The largest absolute Gasteiger partial charge is 0.493 e. The highest BCUT2D eigenvalue weighted by molar-refractivity contribution is 5.91. The quantitative estimate of drug-likeness (QED) is 0.557. The molecule has 0 atom stereocenters. The number of carbonyl (C=O) groups is 1. The number of methoxy groups -OCH3 is 1. The molecule has 1 amide bonds. The maximum Gasteiger partial charge on any atom is 0.387 e. The Morgan fingerprint density at radius 3 is 2.45 bits per heavy atom. The minimum Gasteiger partial charge on any atom is -0.493 e. The predicted molar refractivity (Wildman–Crippen MR) is 99.5 cm³/mol. The van der Waals surface area contributed by atoms with Gasteiger partial charge in [-0.05, 0) is 54.1 Å². The van der Waals surface area contributed by atoms with Gasteiger partial charge in [0.05, 0.1) is 7.11 Å². The highest BCUT2D eigenvalue weighted by Gasteiger charge is 2.18. The van der Waals surface area contributed by atoms with Crippen LogP contribution in [0.4, 0.5) is 13.2 Å². The fraction of sp³-hybridized carbons (Fsp3) is 0.190. The summed E-state index contributed by atoms with van der Waals surface area (Å²) in [5.41, 5.74) is 1.30. The first kappa shape index (κ1) is 20.3. The molecule has 0 N–H and O–H groups in total. The molecule has 0 aliphatic heterocycles. The van der Waals surface area contributed by atoms with Crippen LogP contribution in [0.25, 0.3) is 11.3 Å². The van der Waals surface area contributed by atoms with E-state index in [2.05, 4.69) is 4.74 Å². The highest BCUT2D eigenvalue weighted by Crippen LogP contribution is 2.30. The number of carbonyl (C=O) groups excluding carboxylic acids is 1. The van der Waals surface area contributed by atoms with Gasteiger partial charge in [-0.3, -0.25) is 4.79 Å². The lowest BCUT2D eigenvalue weighted by Crippen LogP contribution is -2.25. The van der Waals surface area contributed by atoms with Crippen molar-refractivity contribution in [1.82, 2.24) is 4.90 Å². The fourth-order valence-corrected chi connectivity index (χ4v) is 2.76. The van der Waals surface area contributed by atoms with Crippen LogP contribution in [0.3, 0.4) is 0 Å². The van der Waals surface area contributed by atoms with E-state index in [-0.39, 0.29) is 35.5 Å². The van der Waals surface area contributed by atoms with E-state index < -0.39 is 6.61 Å². The van der Waals surface area contributed by atoms with Crippen molar-refractivity contribution in [2.24, 2.45) is 0 Å². The number of alkyl halides is 2. The van der Waals surface area contributed by atoms with Crippen molar-refractivity contribution in [3.63, 3.8) is 0 Å². The van der Waals surface area contributed by atoms with Gasteiger partial charge in [-0.25, -0.2) is 4.39 Å². The van der Waals surface area contributed by atoms with Gasteiger partial charge >= 0.3 is 6.61 Å². The molecule has 8 heteroatoms. The van der Waals surface area contributed by atoms with E-state index in [1.807, 2.05) is 0 Å². The Hall–Kier alpha value is -3.42. The van der Waals surface area contributed by atoms with Gasteiger partial charge < -0.3 is 18.8 Å². The molecule has 0 aliphatic carbocycles. The Balaban J connectivity index is 1.71. The second-order valence-corrected chi connectivity index (χ2v) is 6.20. The van der Waals surface area contributed by atoms with Gasteiger partial charge in [0.25, 0.3) is 5.91 Å². The van der Waals surface area contributed by atoms with Crippen molar-refractivity contribution < 1.29 is 31.9 Å². The zero-order chi connectivity index (χ0) is 21.0. The smallest absolute Gasteiger partial charge is 0.387 e. The van der Waals surface area contributed by atoms with E-state index in [4.69, 9.17) is 9.15 Å². The molecule has 5 nitrogen and oxygen atoms in total. The lowest BCUT2D eigenvalue weighted by atomic mass is 10.2. The van der Waals surface area contributed by atoms with Crippen LogP contribution in [0.1, 0.15) is 16.1 Å². The summed E-state index contributed by atoms with van der Waals surface area (Å²) in [6, 6.07) is 13.3. The van der Waals surface area contributed by atoms with Crippen LogP contribution < -0.4 is 9.47 Å². The number of nitrogens with zero attached hydrogens (tertiary/aromatic N) is 1. The molecule has 0 saturated heterocycles. The number of amides is 1. The second kappa shape index (κ2) is 8.72. The number of halogens is 3. The maximum atomic E-state index is 13.0. The van der Waals surface area contributed by atoms with E-state index in [0.717, 1.165) is 0 Å². The molecule has 0 spiro atoms. The van der Waals surface area contributed by atoms with E-state index in [9.17, 15) is 18.0 Å². The Bertz CT molecular complexity index is 986. The molecule has 0 fully saturated rings. The normalized spacial score (nSPS) is 10.8. The molecule has 29 heavy (non-hydrogen) atoms. The van der Waals surface area contributed by atoms with Crippen molar-refractivity contribution >= 4 is 5.91 Å². The highest BCUT2D eigenvalue weighted by atomic mass is 19.3. The SMILES string of the molecule is COc1cc(CN(C)C(=O)c2ccc(-c3ccc(F)cc3)o2)ccc1OC(F)F. The maximum absolute atomic E-state index is 13.0. The molecule has 0 saturated carbocycles. The van der Waals surface area contributed by atoms with Crippen LogP contribution in [-0.4, -0.2) is 31.6 Å². The molecule has 0 unspecified atom stereocenters. The number of benzene rings is 2. The number of hydrogen-bond donors (Lipinski definition) is 0. The summed E-state index contributed by atoms with van der Waals surface area (Å²) < 4.78 is 52.9. The molecule has 3 aromatic rings. The molecule has 0 aliphatic rings. The van der Waals surface area contributed by atoms with Crippen molar-refractivity contribution in [2.45, 2.75) is 13.2 Å². The summed E-state index contributed by atoms with van der Waals surface area (Å²) >= 11 is 0. The molecule has 3 rings (SSSR count). The van der Waals surface area contributed by atoms with Crippen molar-refractivity contribution in [1.29, 1.82) is 0 Å². The summed E-state index contributed by atoms with van der Waals surface area (Å²) in [5.74, 6) is -0.120. The summed E-state index contributed by atoms with van der Waals surface area (Å²) in [4.78, 5) is 14.0. The van der Waals surface area contributed by atoms with Crippen LogP contribution in [0, 0.1) is 5.82 Å². The second-order valence-electron chi connectivity index (χ2n) is 6.20. The molecule has 0 radical (unpaired) electrons. The summed E-state index contributed by atoms with van der Waals surface area (Å²) in [6.07, 6.45) is 0. The number of furan rings is 1. The zero-order valence-corrected chi connectivity index (χ0v) is 15.7. The average molecular weight is 405 g/mol. The van der Waals surface area contributed by atoms with Crippen LogP contribution in [-0.2, 0) is 6.54 Å². The van der Waals surface area contributed by atoms with Crippen molar-refractivity contribution in [2.75, 3.05) is 14.2 Å². The van der Waals surface area contributed by atoms with Crippen molar-refractivity contribution in [3.8, 4) is 22.8 Å². The molecule has 1 heterocycles. The first-order valence-corrected chi connectivity index (χ1v) is 8.60. The van der Waals surface area contributed by atoms with E-state index in [0.29, 0.717) is 16.9 Å². The van der Waals surface area contributed by atoms with Gasteiger partial charge in [0.2, 0.25) is 0 Å². The van der Waals surface area contributed by atoms with Crippen LogP contribution >= 0.6 is 0 Å². The Morgan fingerprint density at radius 2 is 1.79 bits per heavy atom. The van der Waals surface area contributed by atoms with Gasteiger partial charge in [-0.15, -0.1) is 0 Å². The summed E-state index contributed by atoms with van der Waals surface area (Å²) in [7, 11) is 2.92. The van der Waals surface area contributed by atoms with Gasteiger partial charge in [-0.2, -0.15) is 8.78 Å². The van der Waals surface area contributed by atoms with Crippen molar-refractivity contribution in [3.05, 3.63) is 71.7 Å².